The molecular formula is C22H28ClNO5. The van der Waals surface area contributed by atoms with Crippen LogP contribution in [0.3, 0.4) is 0 Å². The molecule has 29 heavy (non-hydrogen) atoms. The number of aliphatic hydroxyl groups is 4. The van der Waals surface area contributed by atoms with Crippen LogP contribution in [0.4, 0.5) is 5.69 Å². The van der Waals surface area contributed by atoms with Crippen molar-refractivity contribution in [3.05, 3.63) is 58.6 Å². The van der Waals surface area contributed by atoms with E-state index in [1.807, 2.05) is 54.3 Å². The third-order valence-electron chi connectivity index (χ3n) is 5.37. The fourth-order valence-corrected chi connectivity index (χ4v) is 4.12. The van der Waals surface area contributed by atoms with E-state index in [9.17, 15) is 20.4 Å². The average Bonchev–Trinajstić information content (AvgIpc) is 2.71. The topological polar surface area (TPSA) is 93.4 Å². The Labute approximate surface area is 175 Å². The van der Waals surface area contributed by atoms with Gasteiger partial charge in [0.25, 0.3) is 0 Å². The number of nitrogens with zero attached hydrogens (tertiary/aromatic N) is 1. The van der Waals surface area contributed by atoms with Crippen LogP contribution in [0.5, 0.6) is 5.75 Å². The fraction of sp³-hybridized carbons (Fsp3) is 0.455. The summed E-state index contributed by atoms with van der Waals surface area (Å²) in [6.07, 6.45) is -2.71. The Hall–Kier alpha value is -1.83. The van der Waals surface area contributed by atoms with Crippen molar-refractivity contribution in [3.63, 3.8) is 0 Å². The van der Waals surface area contributed by atoms with Gasteiger partial charge >= 0.3 is 0 Å². The van der Waals surface area contributed by atoms with Crippen LogP contribution in [0.25, 0.3) is 0 Å². The molecule has 0 saturated carbocycles. The van der Waals surface area contributed by atoms with Gasteiger partial charge < -0.3 is 30.1 Å². The Balaban J connectivity index is 1.94. The monoisotopic (exact) mass is 421 g/mol. The van der Waals surface area contributed by atoms with Gasteiger partial charge in [-0.15, -0.1) is 0 Å². The molecule has 1 aliphatic rings. The zero-order valence-electron chi connectivity index (χ0n) is 16.4. The normalized spacial score (nSPS) is 24.6. The van der Waals surface area contributed by atoms with E-state index < -0.39 is 24.4 Å². The van der Waals surface area contributed by atoms with E-state index in [2.05, 4.69) is 0 Å². The first-order valence-corrected chi connectivity index (χ1v) is 10.2. The number of rotatable bonds is 7. The number of piperidine rings is 1. The van der Waals surface area contributed by atoms with Crippen molar-refractivity contribution < 1.29 is 25.2 Å². The molecule has 2 aromatic carbocycles. The number of hydrogen-bond donors (Lipinski definition) is 4. The maximum Gasteiger partial charge on any atom is 0.119 e. The zero-order chi connectivity index (χ0) is 21.0. The zero-order valence-corrected chi connectivity index (χ0v) is 17.2. The minimum absolute atomic E-state index is 0.138. The highest BCUT2D eigenvalue weighted by Gasteiger charge is 2.41. The average molecular weight is 422 g/mol. The largest absolute Gasteiger partial charge is 0.494 e. The fourth-order valence-electron chi connectivity index (χ4n) is 3.89. The molecule has 3 rings (SSSR count). The van der Waals surface area contributed by atoms with E-state index in [4.69, 9.17) is 16.3 Å². The van der Waals surface area contributed by atoms with E-state index in [0.717, 1.165) is 22.6 Å². The minimum Gasteiger partial charge on any atom is -0.494 e. The van der Waals surface area contributed by atoms with Gasteiger partial charge in [0.05, 0.1) is 18.8 Å². The SMILES string of the molecule is CCOc1ccc(Cc2c(Cl)cccc2N2CC(O)C(O)C(O)C2CCO)cc1. The van der Waals surface area contributed by atoms with Crippen molar-refractivity contribution in [2.45, 2.75) is 44.1 Å². The molecule has 4 unspecified atom stereocenters. The summed E-state index contributed by atoms with van der Waals surface area (Å²) in [7, 11) is 0. The van der Waals surface area contributed by atoms with Crippen molar-refractivity contribution in [1.82, 2.24) is 0 Å². The molecule has 0 aliphatic carbocycles. The van der Waals surface area contributed by atoms with Crippen LogP contribution in [0, 0.1) is 0 Å². The molecule has 6 nitrogen and oxygen atoms in total. The van der Waals surface area contributed by atoms with Gasteiger partial charge in [0.1, 0.15) is 18.0 Å². The lowest BCUT2D eigenvalue weighted by Crippen LogP contribution is -2.61. The second-order valence-electron chi connectivity index (χ2n) is 7.27. The Morgan fingerprint density at radius 3 is 2.45 bits per heavy atom. The van der Waals surface area contributed by atoms with E-state index >= 15 is 0 Å². The lowest BCUT2D eigenvalue weighted by molar-refractivity contribution is -0.0865. The highest BCUT2D eigenvalue weighted by molar-refractivity contribution is 6.31. The maximum atomic E-state index is 10.5. The van der Waals surface area contributed by atoms with Crippen molar-refractivity contribution in [2.24, 2.45) is 0 Å². The van der Waals surface area contributed by atoms with Crippen molar-refractivity contribution in [1.29, 1.82) is 0 Å². The summed E-state index contributed by atoms with van der Waals surface area (Å²) >= 11 is 6.53. The van der Waals surface area contributed by atoms with E-state index in [0.29, 0.717) is 18.1 Å². The van der Waals surface area contributed by atoms with Gasteiger partial charge in [0, 0.05) is 30.3 Å². The molecule has 1 fully saturated rings. The number of anilines is 1. The predicted molar refractivity (Wildman–Crippen MR) is 113 cm³/mol. The standard InChI is InChI=1S/C22H28ClNO5/c1-2-29-15-8-6-14(7-9-15)12-16-17(23)4-3-5-18(16)24-13-20(26)22(28)21(27)19(24)10-11-25/h3-9,19-22,25-28H,2,10-13H2,1H3. The first-order chi connectivity index (χ1) is 14.0. The summed E-state index contributed by atoms with van der Waals surface area (Å²) in [6.45, 7) is 2.53. The number of hydrogen-bond acceptors (Lipinski definition) is 6. The molecule has 0 aromatic heterocycles. The van der Waals surface area contributed by atoms with Gasteiger partial charge in [0.2, 0.25) is 0 Å². The minimum atomic E-state index is -1.25. The third-order valence-corrected chi connectivity index (χ3v) is 5.72. The van der Waals surface area contributed by atoms with Gasteiger partial charge in [-0.25, -0.2) is 0 Å². The second-order valence-corrected chi connectivity index (χ2v) is 7.68. The van der Waals surface area contributed by atoms with Crippen LogP contribution in [-0.4, -0.2) is 64.5 Å². The van der Waals surface area contributed by atoms with Gasteiger partial charge in [-0.3, -0.25) is 0 Å². The molecule has 0 radical (unpaired) electrons. The number of benzene rings is 2. The van der Waals surface area contributed by atoms with Gasteiger partial charge in [0.15, 0.2) is 0 Å². The van der Waals surface area contributed by atoms with Gasteiger partial charge in [-0.1, -0.05) is 29.8 Å². The highest BCUT2D eigenvalue weighted by atomic mass is 35.5. The quantitative estimate of drug-likeness (QED) is 0.546. The van der Waals surface area contributed by atoms with Crippen molar-refractivity contribution in [3.8, 4) is 5.75 Å². The molecular weight excluding hydrogens is 394 g/mol. The summed E-state index contributed by atoms with van der Waals surface area (Å²) in [5.74, 6) is 0.801. The van der Waals surface area contributed by atoms with Crippen LogP contribution in [0.1, 0.15) is 24.5 Å². The molecule has 2 aromatic rings. The second kappa shape index (κ2) is 9.78. The number of aliphatic hydroxyl groups excluding tert-OH is 4. The summed E-state index contributed by atoms with van der Waals surface area (Å²) in [6, 6.07) is 12.8. The number of β-amino-alcohol motifs (C(OH)–C–C–N with tert-alkyl or cyclic N) is 1. The van der Waals surface area contributed by atoms with Crippen LogP contribution in [0.15, 0.2) is 42.5 Å². The molecule has 1 saturated heterocycles. The maximum absolute atomic E-state index is 10.5. The Morgan fingerprint density at radius 1 is 1.07 bits per heavy atom. The van der Waals surface area contributed by atoms with Crippen LogP contribution < -0.4 is 9.64 Å². The third kappa shape index (κ3) is 4.85. The first kappa shape index (κ1) is 21.9. The Kier molecular flexibility index (Phi) is 7.38. The molecule has 7 heteroatoms. The molecule has 1 heterocycles. The van der Waals surface area contributed by atoms with E-state index in [1.165, 1.54) is 0 Å². The molecule has 1 aliphatic heterocycles. The molecule has 4 N–H and O–H groups in total. The van der Waals surface area contributed by atoms with Gasteiger partial charge in [-0.05, 0) is 48.7 Å². The van der Waals surface area contributed by atoms with Crippen molar-refractivity contribution in [2.75, 3.05) is 24.7 Å². The summed E-state index contributed by atoms with van der Waals surface area (Å²) < 4.78 is 5.49. The first-order valence-electron chi connectivity index (χ1n) is 9.87. The summed E-state index contributed by atoms with van der Waals surface area (Å²) in [5, 5.41) is 40.9. The molecule has 4 atom stereocenters. The Bertz CT molecular complexity index is 800. The smallest absolute Gasteiger partial charge is 0.119 e. The molecule has 158 valence electrons. The molecule has 0 bridgehead atoms. The van der Waals surface area contributed by atoms with Crippen LogP contribution in [0.2, 0.25) is 5.02 Å². The van der Waals surface area contributed by atoms with E-state index in [1.54, 1.807) is 0 Å². The molecule has 0 amide bonds. The van der Waals surface area contributed by atoms with E-state index in [-0.39, 0.29) is 19.6 Å². The Morgan fingerprint density at radius 2 is 1.79 bits per heavy atom. The molecule has 0 spiro atoms. The number of halogens is 1. The number of ether oxygens (including phenoxy) is 1. The highest BCUT2D eigenvalue weighted by Crippen LogP contribution is 2.35. The van der Waals surface area contributed by atoms with Crippen LogP contribution in [-0.2, 0) is 6.42 Å². The lowest BCUT2D eigenvalue weighted by Gasteiger charge is -2.45. The predicted octanol–water partition coefficient (Wildman–Crippen LogP) is 1.98. The van der Waals surface area contributed by atoms with Gasteiger partial charge in [-0.2, -0.15) is 0 Å². The van der Waals surface area contributed by atoms with Crippen molar-refractivity contribution >= 4 is 17.3 Å². The summed E-state index contributed by atoms with van der Waals surface area (Å²) in [5.41, 5.74) is 2.67. The van der Waals surface area contributed by atoms with Crippen LogP contribution >= 0.6 is 11.6 Å². The lowest BCUT2D eigenvalue weighted by atomic mass is 9.90. The summed E-state index contributed by atoms with van der Waals surface area (Å²) in [4.78, 5) is 1.84.